The maximum atomic E-state index is 13.6. The molecule has 0 radical (unpaired) electrons. The number of hydrogen-bond donors (Lipinski definition) is 1. The molecule has 1 amide bonds. The summed E-state index contributed by atoms with van der Waals surface area (Å²) >= 11 is 0. The van der Waals surface area contributed by atoms with Crippen molar-refractivity contribution in [3.63, 3.8) is 0 Å². The Kier molecular flexibility index (Phi) is 4.64. The second-order valence-corrected chi connectivity index (χ2v) is 6.60. The lowest BCUT2D eigenvalue weighted by molar-refractivity contribution is -0.139. The number of nitrogens with one attached hydrogen (secondary N) is 1. The molecule has 1 fully saturated rings. The van der Waals surface area contributed by atoms with Crippen LogP contribution in [0.2, 0.25) is 0 Å². The monoisotopic (exact) mass is 367 g/mol. The highest BCUT2D eigenvalue weighted by Crippen LogP contribution is 2.46. The lowest BCUT2D eigenvalue weighted by atomic mass is 10.1. The number of halogens is 4. The van der Waals surface area contributed by atoms with Crippen LogP contribution in [0.5, 0.6) is 5.75 Å². The SMILES string of the molecule is CC1(C(=O)Nc2ccc(OCc3ccccc3F)c(C(F)(F)F)c2)CC1. The van der Waals surface area contributed by atoms with E-state index >= 15 is 0 Å². The fraction of sp³-hybridized carbons (Fsp3) is 0.316. The molecule has 138 valence electrons. The number of alkyl halides is 3. The number of benzene rings is 2. The van der Waals surface area contributed by atoms with Gasteiger partial charge in [0, 0.05) is 16.7 Å². The second kappa shape index (κ2) is 6.63. The number of amides is 1. The van der Waals surface area contributed by atoms with Gasteiger partial charge in [0.05, 0.1) is 5.56 Å². The first kappa shape index (κ1) is 18.2. The Morgan fingerprint density at radius 2 is 1.88 bits per heavy atom. The highest BCUT2D eigenvalue weighted by Gasteiger charge is 2.45. The van der Waals surface area contributed by atoms with Gasteiger partial charge in [0.25, 0.3) is 0 Å². The Morgan fingerprint density at radius 1 is 1.19 bits per heavy atom. The molecular weight excluding hydrogens is 350 g/mol. The summed E-state index contributed by atoms with van der Waals surface area (Å²) in [6.07, 6.45) is -3.24. The third kappa shape index (κ3) is 3.98. The Bertz CT molecular complexity index is 829. The van der Waals surface area contributed by atoms with Crippen molar-refractivity contribution in [1.29, 1.82) is 0 Å². The van der Waals surface area contributed by atoms with Crippen molar-refractivity contribution in [1.82, 2.24) is 0 Å². The molecule has 0 aromatic heterocycles. The summed E-state index contributed by atoms with van der Waals surface area (Å²) in [5.41, 5.74) is -1.32. The van der Waals surface area contributed by atoms with Gasteiger partial charge in [0.15, 0.2) is 0 Å². The first-order valence-electron chi connectivity index (χ1n) is 8.08. The summed E-state index contributed by atoms with van der Waals surface area (Å²) in [5.74, 6) is -1.27. The minimum atomic E-state index is -4.67. The van der Waals surface area contributed by atoms with Gasteiger partial charge in [0.2, 0.25) is 5.91 Å². The number of anilines is 1. The van der Waals surface area contributed by atoms with Crippen molar-refractivity contribution < 1.29 is 27.1 Å². The van der Waals surface area contributed by atoms with Crippen molar-refractivity contribution in [2.45, 2.75) is 32.5 Å². The molecule has 3 rings (SSSR count). The zero-order chi connectivity index (χ0) is 18.9. The average molecular weight is 367 g/mol. The predicted octanol–water partition coefficient (Wildman–Crippen LogP) is 5.16. The van der Waals surface area contributed by atoms with Crippen molar-refractivity contribution in [3.05, 3.63) is 59.4 Å². The molecule has 0 unspecified atom stereocenters. The van der Waals surface area contributed by atoms with E-state index in [1.807, 2.05) is 0 Å². The van der Waals surface area contributed by atoms with Gasteiger partial charge in [-0.05, 0) is 37.1 Å². The minimum Gasteiger partial charge on any atom is -0.488 e. The van der Waals surface area contributed by atoms with Gasteiger partial charge in [-0.2, -0.15) is 13.2 Å². The van der Waals surface area contributed by atoms with Gasteiger partial charge in [-0.1, -0.05) is 25.1 Å². The molecule has 0 bridgehead atoms. The standard InChI is InChI=1S/C19H17F4NO2/c1-18(8-9-18)17(25)24-13-6-7-16(14(10-13)19(21,22)23)26-11-12-4-2-3-5-15(12)20/h2-7,10H,8-9,11H2,1H3,(H,24,25). The van der Waals surface area contributed by atoms with Crippen LogP contribution in [0.25, 0.3) is 0 Å². The molecule has 0 aliphatic heterocycles. The van der Waals surface area contributed by atoms with E-state index in [-0.39, 0.29) is 23.8 Å². The molecule has 1 aliphatic rings. The van der Waals surface area contributed by atoms with E-state index in [9.17, 15) is 22.4 Å². The van der Waals surface area contributed by atoms with Gasteiger partial charge in [-0.3, -0.25) is 4.79 Å². The molecule has 0 atom stereocenters. The van der Waals surface area contributed by atoms with Gasteiger partial charge in [0.1, 0.15) is 18.2 Å². The summed E-state index contributed by atoms with van der Waals surface area (Å²) in [6.45, 7) is 1.43. The Hall–Kier alpha value is -2.57. The van der Waals surface area contributed by atoms with E-state index in [0.717, 1.165) is 25.0 Å². The fourth-order valence-electron chi connectivity index (χ4n) is 2.42. The van der Waals surface area contributed by atoms with Gasteiger partial charge < -0.3 is 10.1 Å². The zero-order valence-electron chi connectivity index (χ0n) is 14.0. The van der Waals surface area contributed by atoms with E-state index in [2.05, 4.69) is 5.32 Å². The maximum absolute atomic E-state index is 13.6. The molecule has 0 spiro atoms. The molecule has 2 aromatic rings. The number of carbonyl (C=O) groups excluding carboxylic acids is 1. The van der Waals surface area contributed by atoms with E-state index in [4.69, 9.17) is 4.74 Å². The van der Waals surface area contributed by atoms with Crippen LogP contribution in [0.1, 0.15) is 30.9 Å². The quantitative estimate of drug-likeness (QED) is 0.741. The molecule has 0 saturated heterocycles. The summed E-state index contributed by atoms with van der Waals surface area (Å²) in [5, 5.41) is 2.51. The Labute approximate surface area is 148 Å². The molecule has 2 aromatic carbocycles. The molecule has 0 heterocycles. The minimum absolute atomic E-state index is 0.0497. The topological polar surface area (TPSA) is 38.3 Å². The van der Waals surface area contributed by atoms with Crippen molar-refractivity contribution in [2.24, 2.45) is 5.41 Å². The number of hydrogen-bond acceptors (Lipinski definition) is 2. The summed E-state index contributed by atoms with van der Waals surface area (Å²) < 4.78 is 58.9. The molecule has 3 nitrogen and oxygen atoms in total. The predicted molar refractivity (Wildman–Crippen MR) is 88.1 cm³/mol. The lowest BCUT2D eigenvalue weighted by Crippen LogP contribution is -2.21. The molecule has 7 heteroatoms. The lowest BCUT2D eigenvalue weighted by Gasteiger charge is -2.17. The largest absolute Gasteiger partial charge is 0.488 e. The summed E-state index contributed by atoms with van der Waals surface area (Å²) in [7, 11) is 0. The van der Waals surface area contributed by atoms with Gasteiger partial charge in [-0.15, -0.1) is 0 Å². The van der Waals surface area contributed by atoms with Crippen molar-refractivity contribution in [3.8, 4) is 5.75 Å². The van der Waals surface area contributed by atoms with E-state index in [1.165, 1.54) is 24.3 Å². The van der Waals surface area contributed by atoms with E-state index in [1.54, 1.807) is 13.0 Å². The number of ether oxygens (including phenoxy) is 1. The first-order valence-corrected chi connectivity index (χ1v) is 8.08. The third-order valence-corrected chi connectivity index (χ3v) is 4.43. The van der Waals surface area contributed by atoms with Crippen LogP contribution in [-0.2, 0) is 17.6 Å². The van der Waals surface area contributed by atoms with E-state index in [0.29, 0.717) is 0 Å². The van der Waals surface area contributed by atoms with Crippen LogP contribution < -0.4 is 10.1 Å². The van der Waals surface area contributed by atoms with Crippen LogP contribution >= 0.6 is 0 Å². The fourth-order valence-corrected chi connectivity index (χ4v) is 2.42. The molecule has 1 saturated carbocycles. The first-order chi connectivity index (χ1) is 12.2. The van der Waals surface area contributed by atoms with Crippen LogP contribution in [-0.4, -0.2) is 5.91 Å². The van der Waals surface area contributed by atoms with Crippen LogP contribution in [0.4, 0.5) is 23.2 Å². The van der Waals surface area contributed by atoms with Crippen LogP contribution in [0, 0.1) is 11.2 Å². The molecule has 1 aliphatic carbocycles. The van der Waals surface area contributed by atoms with Gasteiger partial charge >= 0.3 is 6.18 Å². The molecule has 26 heavy (non-hydrogen) atoms. The van der Waals surface area contributed by atoms with Crippen LogP contribution in [0.15, 0.2) is 42.5 Å². The number of rotatable bonds is 5. The highest BCUT2D eigenvalue weighted by atomic mass is 19.4. The van der Waals surface area contributed by atoms with E-state index < -0.39 is 28.7 Å². The summed E-state index contributed by atoms with van der Waals surface area (Å²) in [4.78, 5) is 12.0. The summed E-state index contributed by atoms with van der Waals surface area (Å²) in [6, 6.07) is 9.01. The maximum Gasteiger partial charge on any atom is 0.420 e. The normalized spacial score (nSPS) is 15.4. The van der Waals surface area contributed by atoms with Gasteiger partial charge in [-0.25, -0.2) is 4.39 Å². The molecule has 1 N–H and O–H groups in total. The van der Waals surface area contributed by atoms with Crippen LogP contribution in [0.3, 0.4) is 0 Å². The number of carbonyl (C=O) groups is 1. The average Bonchev–Trinajstić information content (AvgIpc) is 3.33. The van der Waals surface area contributed by atoms with Crippen molar-refractivity contribution >= 4 is 11.6 Å². The third-order valence-electron chi connectivity index (χ3n) is 4.43. The smallest absolute Gasteiger partial charge is 0.420 e. The van der Waals surface area contributed by atoms with Crippen molar-refractivity contribution in [2.75, 3.05) is 5.32 Å². The second-order valence-electron chi connectivity index (χ2n) is 6.60. The molecular formula is C19H17F4NO2. The Balaban J connectivity index is 1.81. The zero-order valence-corrected chi connectivity index (χ0v) is 14.0. The highest BCUT2D eigenvalue weighted by molar-refractivity contribution is 5.97. The Morgan fingerprint density at radius 3 is 2.50 bits per heavy atom.